The van der Waals surface area contributed by atoms with E-state index in [-0.39, 0.29) is 10.9 Å². The lowest BCUT2D eigenvalue weighted by Crippen LogP contribution is -2.43. The zero-order valence-corrected chi connectivity index (χ0v) is 18.4. The molecule has 3 rings (SSSR count). The second-order valence-corrected chi connectivity index (χ2v) is 9.66. The normalized spacial score (nSPS) is 19.4. The van der Waals surface area contributed by atoms with Gasteiger partial charge in [-0.15, -0.1) is 4.40 Å². The van der Waals surface area contributed by atoms with E-state index in [9.17, 15) is 13.2 Å². The van der Waals surface area contributed by atoms with Crippen LogP contribution in [0.15, 0.2) is 34.2 Å². The van der Waals surface area contributed by atoms with Crippen LogP contribution in [0, 0.1) is 12.8 Å². The van der Waals surface area contributed by atoms with Crippen LogP contribution >= 0.6 is 0 Å². The number of urea groups is 1. The minimum atomic E-state index is -3.73. The first-order valence-electron chi connectivity index (χ1n) is 10.1. The number of amidine groups is 1. The van der Waals surface area contributed by atoms with Gasteiger partial charge >= 0.3 is 6.03 Å². The van der Waals surface area contributed by atoms with Crippen molar-refractivity contribution in [3.05, 3.63) is 41.0 Å². The largest absolute Gasteiger partial charge is 0.354 e. The van der Waals surface area contributed by atoms with Gasteiger partial charge in [0, 0.05) is 38.3 Å². The molecule has 2 amide bonds. The number of nitrogens with zero attached hydrogens (tertiary/aromatic N) is 3. The molecule has 0 spiro atoms. The number of aryl methyl sites for hydroxylation is 1. The fourth-order valence-electron chi connectivity index (χ4n) is 3.62. The van der Waals surface area contributed by atoms with Crippen LogP contribution in [0.25, 0.3) is 4.91 Å². The molecule has 158 valence electrons. The SMILES string of the molecule is CC1=C(c2ccc(C)cc2)S(=O)(=O)N=C1N1CCCN(C(=O)NCC(C)C)CC1. The summed E-state index contributed by atoms with van der Waals surface area (Å²) >= 11 is 0. The van der Waals surface area contributed by atoms with Crippen LogP contribution in [0.1, 0.15) is 38.3 Å². The van der Waals surface area contributed by atoms with E-state index >= 15 is 0 Å². The number of carbonyl (C=O) groups is 1. The summed E-state index contributed by atoms with van der Waals surface area (Å²) in [6.45, 7) is 11.0. The number of sulfonamides is 1. The second-order valence-electron chi connectivity index (χ2n) is 8.12. The molecule has 29 heavy (non-hydrogen) atoms. The Morgan fingerprint density at radius 3 is 2.45 bits per heavy atom. The Labute approximate surface area is 173 Å². The van der Waals surface area contributed by atoms with Crippen molar-refractivity contribution in [3.8, 4) is 0 Å². The third-order valence-corrected chi connectivity index (χ3v) is 6.67. The summed E-state index contributed by atoms with van der Waals surface area (Å²) in [6, 6.07) is 7.40. The van der Waals surface area contributed by atoms with Crippen molar-refractivity contribution < 1.29 is 13.2 Å². The molecule has 8 heteroatoms. The lowest BCUT2D eigenvalue weighted by molar-refractivity contribution is 0.199. The van der Waals surface area contributed by atoms with Gasteiger partial charge in [0.1, 0.15) is 10.7 Å². The molecule has 1 fully saturated rings. The number of hydrogen-bond acceptors (Lipinski definition) is 4. The van der Waals surface area contributed by atoms with E-state index in [1.807, 2.05) is 43.0 Å². The first kappa shape index (κ1) is 21.4. The standard InChI is InChI=1S/C21H30N4O3S/c1-15(2)14-22-21(26)25-11-5-10-24(12-13-25)20-17(4)19(29(27,28)23-20)18-8-6-16(3)7-9-18/h6-9,15H,5,10-14H2,1-4H3,(H,22,26). The van der Waals surface area contributed by atoms with Gasteiger partial charge in [-0.2, -0.15) is 8.42 Å². The van der Waals surface area contributed by atoms with Gasteiger partial charge in [-0.3, -0.25) is 0 Å². The monoisotopic (exact) mass is 418 g/mol. The molecule has 1 saturated heterocycles. The molecule has 0 bridgehead atoms. The molecule has 2 aliphatic rings. The van der Waals surface area contributed by atoms with Gasteiger partial charge in [0.25, 0.3) is 10.0 Å². The summed E-state index contributed by atoms with van der Waals surface area (Å²) in [5.74, 6) is 0.901. The van der Waals surface area contributed by atoms with E-state index in [0.29, 0.717) is 55.6 Å². The maximum Gasteiger partial charge on any atom is 0.317 e. The van der Waals surface area contributed by atoms with Crippen molar-refractivity contribution in [2.45, 2.75) is 34.1 Å². The molecule has 2 aliphatic heterocycles. The third-order valence-electron chi connectivity index (χ3n) is 5.20. The summed E-state index contributed by atoms with van der Waals surface area (Å²) in [4.78, 5) is 16.4. The fourth-order valence-corrected chi connectivity index (χ4v) is 5.11. The molecule has 1 aromatic carbocycles. The van der Waals surface area contributed by atoms with Gasteiger partial charge < -0.3 is 15.1 Å². The third kappa shape index (κ3) is 4.80. The zero-order chi connectivity index (χ0) is 21.2. The van der Waals surface area contributed by atoms with Crippen LogP contribution in [0.5, 0.6) is 0 Å². The molecule has 0 atom stereocenters. The predicted octanol–water partition coefficient (Wildman–Crippen LogP) is 2.84. The van der Waals surface area contributed by atoms with E-state index in [2.05, 4.69) is 23.6 Å². The molecule has 7 nitrogen and oxygen atoms in total. The van der Waals surface area contributed by atoms with Crippen LogP contribution in [0.2, 0.25) is 0 Å². The van der Waals surface area contributed by atoms with Crippen molar-refractivity contribution in [2.24, 2.45) is 10.3 Å². The lowest BCUT2D eigenvalue weighted by atomic mass is 10.1. The lowest BCUT2D eigenvalue weighted by Gasteiger charge is -2.24. The van der Waals surface area contributed by atoms with Crippen molar-refractivity contribution in [1.29, 1.82) is 0 Å². The van der Waals surface area contributed by atoms with E-state index in [1.165, 1.54) is 0 Å². The number of rotatable bonds is 3. The summed E-state index contributed by atoms with van der Waals surface area (Å²) in [5, 5.41) is 2.95. The first-order chi connectivity index (χ1) is 13.7. The van der Waals surface area contributed by atoms with Crippen LogP contribution in [0.4, 0.5) is 4.79 Å². The Balaban J connectivity index is 1.77. The Morgan fingerprint density at radius 2 is 1.79 bits per heavy atom. The molecule has 0 saturated carbocycles. The van der Waals surface area contributed by atoms with Gasteiger partial charge in [-0.1, -0.05) is 43.7 Å². The van der Waals surface area contributed by atoms with Crippen molar-refractivity contribution in [3.63, 3.8) is 0 Å². The number of nitrogens with one attached hydrogen (secondary N) is 1. The summed E-state index contributed by atoms with van der Waals surface area (Å²) in [5.41, 5.74) is 2.41. The molecule has 0 aliphatic carbocycles. The van der Waals surface area contributed by atoms with Gasteiger partial charge in [0.05, 0.1) is 0 Å². The van der Waals surface area contributed by atoms with Crippen LogP contribution in [-0.2, 0) is 10.0 Å². The maximum absolute atomic E-state index is 12.8. The highest BCUT2D eigenvalue weighted by Crippen LogP contribution is 2.33. The molecule has 1 aromatic rings. The average Bonchev–Trinajstić information content (AvgIpc) is 2.82. The Hall–Kier alpha value is -2.35. The molecular formula is C21H30N4O3S. The first-order valence-corrected chi connectivity index (χ1v) is 11.5. The smallest absolute Gasteiger partial charge is 0.317 e. The van der Waals surface area contributed by atoms with Crippen molar-refractivity contribution in [2.75, 3.05) is 32.7 Å². The van der Waals surface area contributed by atoms with Gasteiger partial charge in [-0.05, 0) is 31.7 Å². The van der Waals surface area contributed by atoms with Crippen LogP contribution < -0.4 is 5.32 Å². The molecule has 2 heterocycles. The number of amides is 2. The van der Waals surface area contributed by atoms with Crippen LogP contribution in [0.3, 0.4) is 0 Å². The molecule has 0 radical (unpaired) electrons. The van der Waals surface area contributed by atoms with Crippen LogP contribution in [-0.4, -0.2) is 62.8 Å². The van der Waals surface area contributed by atoms with Gasteiger partial charge in [0.2, 0.25) is 0 Å². The Morgan fingerprint density at radius 1 is 1.10 bits per heavy atom. The number of hydrogen-bond donors (Lipinski definition) is 1. The van der Waals surface area contributed by atoms with Crippen molar-refractivity contribution in [1.82, 2.24) is 15.1 Å². The second kappa shape index (κ2) is 8.57. The molecule has 0 unspecified atom stereocenters. The quantitative estimate of drug-likeness (QED) is 0.818. The Bertz CT molecular complexity index is 933. The number of benzene rings is 1. The van der Waals surface area contributed by atoms with Gasteiger partial charge in [-0.25, -0.2) is 4.79 Å². The topological polar surface area (TPSA) is 82.1 Å². The maximum atomic E-state index is 12.8. The van der Waals surface area contributed by atoms with E-state index in [1.54, 1.807) is 4.90 Å². The number of carbonyl (C=O) groups excluding carboxylic acids is 1. The highest BCUT2D eigenvalue weighted by Gasteiger charge is 2.34. The highest BCUT2D eigenvalue weighted by molar-refractivity contribution is 8.00. The fraction of sp³-hybridized carbons (Fsp3) is 0.524. The van der Waals surface area contributed by atoms with E-state index in [4.69, 9.17) is 0 Å². The van der Waals surface area contributed by atoms with E-state index in [0.717, 1.165) is 12.0 Å². The Kier molecular flexibility index (Phi) is 6.31. The highest BCUT2D eigenvalue weighted by atomic mass is 32.2. The van der Waals surface area contributed by atoms with E-state index < -0.39 is 10.0 Å². The minimum Gasteiger partial charge on any atom is -0.354 e. The molecular weight excluding hydrogens is 388 g/mol. The molecule has 1 N–H and O–H groups in total. The summed E-state index contributed by atoms with van der Waals surface area (Å²) in [7, 11) is -3.73. The van der Waals surface area contributed by atoms with Crippen molar-refractivity contribution >= 4 is 26.8 Å². The van der Waals surface area contributed by atoms with Gasteiger partial charge in [0.15, 0.2) is 0 Å². The zero-order valence-electron chi connectivity index (χ0n) is 17.6. The summed E-state index contributed by atoms with van der Waals surface area (Å²) < 4.78 is 29.6. The summed E-state index contributed by atoms with van der Waals surface area (Å²) in [6.07, 6.45) is 0.765. The average molecular weight is 419 g/mol. The predicted molar refractivity (Wildman–Crippen MR) is 116 cm³/mol. The molecule has 0 aromatic heterocycles. The minimum absolute atomic E-state index is 0.0610.